The van der Waals surface area contributed by atoms with E-state index in [1.165, 1.54) is 25.8 Å². The summed E-state index contributed by atoms with van der Waals surface area (Å²) >= 11 is 4.91. The third kappa shape index (κ3) is 2.62. The summed E-state index contributed by atoms with van der Waals surface area (Å²) in [4.78, 5) is 13.9. The standard InChI is InChI=1S/C14H21N5S/c1-18-5-2-3-10-9-19(6-4-12(10)18)13-8-16-11(7-17-13)14(15)20/h7-8,10,12H,2-6,9H2,1H3,(H2,15,20). The van der Waals surface area contributed by atoms with E-state index in [-0.39, 0.29) is 0 Å². The third-order valence-electron chi connectivity index (χ3n) is 4.56. The zero-order chi connectivity index (χ0) is 14.1. The Balaban J connectivity index is 1.71. The summed E-state index contributed by atoms with van der Waals surface area (Å²) < 4.78 is 0. The van der Waals surface area contributed by atoms with Crippen LogP contribution in [0.3, 0.4) is 0 Å². The highest BCUT2D eigenvalue weighted by Crippen LogP contribution is 2.31. The number of nitrogens with two attached hydrogens (primary N) is 1. The molecule has 2 aliphatic rings. The van der Waals surface area contributed by atoms with Gasteiger partial charge >= 0.3 is 0 Å². The summed E-state index contributed by atoms with van der Waals surface area (Å²) in [5.41, 5.74) is 6.15. The largest absolute Gasteiger partial charge is 0.388 e. The number of hydrogen-bond acceptors (Lipinski definition) is 5. The van der Waals surface area contributed by atoms with E-state index >= 15 is 0 Å². The van der Waals surface area contributed by atoms with Gasteiger partial charge in [0.2, 0.25) is 0 Å². The van der Waals surface area contributed by atoms with Crippen LogP contribution in [-0.4, -0.2) is 52.6 Å². The second-order valence-corrected chi connectivity index (χ2v) is 6.25. The number of rotatable bonds is 2. The van der Waals surface area contributed by atoms with Crippen LogP contribution in [0.15, 0.2) is 12.4 Å². The molecule has 3 heterocycles. The molecule has 2 saturated heterocycles. The van der Waals surface area contributed by atoms with Crippen LogP contribution >= 0.6 is 12.2 Å². The Morgan fingerprint density at radius 1 is 1.30 bits per heavy atom. The van der Waals surface area contributed by atoms with Crippen LogP contribution in [-0.2, 0) is 0 Å². The number of nitrogens with zero attached hydrogens (tertiary/aromatic N) is 4. The molecule has 0 aromatic carbocycles. The first-order valence-electron chi connectivity index (χ1n) is 7.22. The fourth-order valence-corrected chi connectivity index (χ4v) is 3.58. The Bertz CT molecular complexity index is 489. The molecular formula is C14H21N5S. The molecule has 6 heteroatoms. The normalized spacial score (nSPS) is 27.1. The topological polar surface area (TPSA) is 58.3 Å². The third-order valence-corrected chi connectivity index (χ3v) is 4.77. The van der Waals surface area contributed by atoms with Gasteiger partial charge in [0.25, 0.3) is 0 Å². The fraction of sp³-hybridized carbons (Fsp3) is 0.643. The van der Waals surface area contributed by atoms with Crippen molar-refractivity contribution in [1.29, 1.82) is 0 Å². The number of fused-ring (bicyclic) bond motifs is 1. The minimum Gasteiger partial charge on any atom is -0.388 e. The highest BCUT2D eigenvalue weighted by Gasteiger charge is 2.34. The lowest BCUT2D eigenvalue weighted by atomic mass is 9.84. The number of thiocarbonyl (C=S) groups is 1. The second-order valence-electron chi connectivity index (χ2n) is 5.81. The van der Waals surface area contributed by atoms with Crippen LogP contribution in [0, 0.1) is 5.92 Å². The summed E-state index contributed by atoms with van der Waals surface area (Å²) in [5, 5.41) is 0. The van der Waals surface area contributed by atoms with E-state index in [9.17, 15) is 0 Å². The Hall–Kier alpha value is -1.27. The lowest BCUT2D eigenvalue weighted by Crippen LogP contribution is -2.52. The van der Waals surface area contributed by atoms with Crippen LogP contribution < -0.4 is 10.6 Å². The molecule has 0 saturated carbocycles. The van der Waals surface area contributed by atoms with Crippen molar-refractivity contribution in [2.24, 2.45) is 11.7 Å². The van der Waals surface area contributed by atoms with Gasteiger partial charge in [0.1, 0.15) is 16.5 Å². The average Bonchev–Trinajstić information content (AvgIpc) is 2.47. The van der Waals surface area contributed by atoms with E-state index in [1.807, 2.05) is 0 Å². The van der Waals surface area contributed by atoms with Gasteiger partial charge in [0.15, 0.2) is 0 Å². The zero-order valence-electron chi connectivity index (χ0n) is 11.8. The van der Waals surface area contributed by atoms with Gasteiger partial charge in [-0.05, 0) is 38.8 Å². The molecular weight excluding hydrogens is 270 g/mol. The summed E-state index contributed by atoms with van der Waals surface area (Å²) in [7, 11) is 2.25. The molecule has 108 valence electrons. The summed E-state index contributed by atoms with van der Waals surface area (Å²) in [6.45, 7) is 3.37. The van der Waals surface area contributed by atoms with Gasteiger partial charge in [-0.25, -0.2) is 9.97 Å². The minimum absolute atomic E-state index is 0.302. The molecule has 2 fully saturated rings. The van der Waals surface area contributed by atoms with Gasteiger partial charge < -0.3 is 15.5 Å². The molecule has 1 aromatic heterocycles. The van der Waals surface area contributed by atoms with Crippen LogP contribution in [0.4, 0.5) is 5.82 Å². The molecule has 3 rings (SSSR count). The van der Waals surface area contributed by atoms with Crippen LogP contribution in [0.25, 0.3) is 0 Å². The van der Waals surface area contributed by atoms with Crippen LogP contribution in [0.1, 0.15) is 25.0 Å². The molecule has 2 unspecified atom stereocenters. The summed E-state index contributed by atoms with van der Waals surface area (Å²) in [6.07, 6.45) is 7.31. The lowest BCUT2D eigenvalue weighted by Gasteiger charge is -2.46. The van der Waals surface area contributed by atoms with E-state index < -0.39 is 0 Å². The van der Waals surface area contributed by atoms with Gasteiger partial charge in [-0.15, -0.1) is 0 Å². The highest BCUT2D eigenvalue weighted by atomic mass is 32.1. The van der Waals surface area contributed by atoms with E-state index in [2.05, 4.69) is 26.8 Å². The molecule has 2 aliphatic heterocycles. The Kier molecular flexibility index (Phi) is 3.85. The summed E-state index contributed by atoms with van der Waals surface area (Å²) in [6, 6.07) is 0.740. The maximum absolute atomic E-state index is 5.55. The molecule has 0 amide bonds. The Morgan fingerprint density at radius 3 is 2.85 bits per heavy atom. The minimum atomic E-state index is 0.302. The van der Waals surface area contributed by atoms with E-state index in [1.54, 1.807) is 12.4 Å². The van der Waals surface area contributed by atoms with Crippen molar-refractivity contribution >= 4 is 23.0 Å². The van der Waals surface area contributed by atoms with Crippen molar-refractivity contribution in [1.82, 2.24) is 14.9 Å². The van der Waals surface area contributed by atoms with Gasteiger partial charge in [-0.2, -0.15) is 0 Å². The van der Waals surface area contributed by atoms with Gasteiger partial charge in [-0.3, -0.25) is 0 Å². The van der Waals surface area contributed by atoms with Crippen molar-refractivity contribution in [3.63, 3.8) is 0 Å². The van der Waals surface area contributed by atoms with Gasteiger partial charge in [0, 0.05) is 19.1 Å². The van der Waals surface area contributed by atoms with E-state index in [4.69, 9.17) is 18.0 Å². The van der Waals surface area contributed by atoms with Crippen molar-refractivity contribution < 1.29 is 0 Å². The lowest BCUT2D eigenvalue weighted by molar-refractivity contribution is 0.102. The number of hydrogen-bond donors (Lipinski definition) is 1. The van der Waals surface area contributed by atoms with Crippen LogP contribution in [0.2, 0.25) is 0 Å². The maximum atomic E-state index is 5.55. The van der Waals surface area contributed by atoms with Gasteiger partial charge in [0.05, 0.1) is 12.4 Å². The maximum Gasteiger partial charge on any atom is 0.147 e. The molecule has 2 atom stereocenters. The zero-order valence-corrected chi connectivity index (χ0v) is 12.6. The first kappa shape index (κ1) is 13.7. The predicted octanol–water partition coefficient (Wildman–Crippen LogP) is 1.03. The second kappa shape index (κ2) is 5.61. The monoisotopic (exact) mass is 291 g/mol. The van der Waals surface area contributed by atoms with Gasteiger partial charge in [-0.1, -0.05) is 12.2 Å². The molecule has 0 bridgehead atoms. The quantitative estimate of drug-likeness (QED) is 0.821. The molecule has 1 aromatic rings. The predicted molar refractivity (Wildman–Crippen MR) is 83.9 cm³/mol. The van der Waals surface area contributed by atoms with E-state index in [0.29, 0.717) is 10.7 Å². The van der Waals surface area contributed by atoms with E-state index in [0.717, 1.165) is 30.9 Å². The summed E-state index contributed by atoms with van der Waals surface area (Å²) in [5.74, 6) is 1.69. The molecule has 0 spiro atoms. The molecule has 2 N–H and O–H groups in total. The molecule has 20 heavy (non-hydrogen) atoms. The number of anilines is 1. The van der Waals surface area contributed by atoms with Crippen molar-refractivity contribution in [2.45, 2.75) is 25.3 Å². The fourth-order valence-electron chi connectivity index (χ4n) is 3.47. The van der Waals surface area contributed by atoms with Crippen LogP contribution in [0.5, 0.6) is 0 Å². The molecule has 0 radical (unpaired) electrons. The number of piperidine rings is 2. The van der Waals surface area contributed by atoms with Crippen molar-refractivity contribution in [3.8, 4) is 0 Å². The highest BCUT2D eigenvalue weighted by molar-refractivity contribution is 7.80. The first-order chi connectivity index (χ1) is 9.65. The number of likely N-dealkylation sites (tertiary alicyclic amines) is 1. The Morgan fingerprint density at radius 2 is 2.15 bits per heavy atom. The molecule has 0 aliphatic carbocycles. The SMILES string of the molecule is CN1CCCC2CN(c3cnc(C(N)=S)cn3)CCC21. The smallest absolute Gasteiger partial charge is 0.147 e. The van der Waals surface area contributed by atoms with Crippen molar-refractivity contribution in [2.75, 3.05) is 31.6 Å². The first-order valence-corrected chi connectivity index (χ1v) is 7.63. The Labute approximate surface area is 125 Å². The van der Waals surface area contributed by atoms with Crippen molar-refractivity contribution in [3.05, 3.63) is 18.1 Å². The number of aromatic nitrogens is 2. The average molecular weight is 291 g/mol. The molecule has 5 nitrogen and oxygen atoms in total.